The standard InChI is InChI=1S/C18H31N3O2/c1-4-23-13-9-8-12-19-18(22)20-14-17(15(2)3)21-16-10-6-5-7-11-16/h5-7,10-11,15,17,21H,4,8-9,12-14H2,1-3H3,(H2,19,20,22). The van der Waals surface area contributed by atoms with E-state index in [1.807, 2.05) is 37.3 Å². The number of rotatable bonds is 11. The molecule has 0 saturated carbocycles. The minimum absolute atomic E-state index is 0.109. The second-order valence-electron chi connectivity index (χ2n) is 5.90. The van der Waals surface area contributed by atoms with Crippen molar-refractivity contribution in [1.29, 1.82) is 0 Å². The fourth-order valence-corrected chi connectivity index (χ4v) is 2.14. The zero-order valence-electron chi connectivity index (χ0n) is 14.6. The summed E-state index contributed by atoms with van der Waals surface area (Å²) in [7, 11) is 0. The Hall–Kier alpha value is -1.75. The molecule has 1 rings (SSSR count). The molecule has 0 aliphatic heterocycles. The van der Waals surface area contributed by atoms with Gasteiger partial charge in [-0.15, -0.1) is 0 Å². The maximum atomic E-state index is 11.8. The van der Waals surface area contributed by atoms with Gasteiger partial charge in [0.15, 0.2) is 0 Å². The van der Waals surface area contributed by atoms with Crippen molar-refractivity contribution < 1.29 is 9.53 Å². The minimum Gasteiger partial charge on any atom is -0.382 e. The predicted octanol–water partition coefficient (Wildman–Crippen LogP) is 3.24. The van der Waals surface area contributed by atoms with E-state index >= 15 is 0 Å². The van der Waals surface area contributed by atoms with Crippen molar-refractivity contribution in [1.82, 2.24) is 10.6 Å². The Morgan fingerprint density at radius 1 is 1.13 bits per heavy atom. The van der Waals surface area contributed by atoms with Crippen molar-refractivity contribution in [3.63, 3.8) is 0 Å². The number of anilines is 1. The molecule has 130 valence electrons. The molecule has 0 bridgehead atoms. The summed E-state index contributed by atoms with van der Waals surface area (Å²) < 4.78 is 5.27. The molecule has 5 heteroatoms. The van der Waals surface area contributed by atoms with E-state index in [1.165, 1.54) is 0 Å². The van der Waals surface area contributed by atoms with Gasteiger partial charge in [0.25, 0.3) is 0 Å². The van der Waals surface area contributed by atoms with E-state index in [2.05, 4.69) is 29.8 Å². The number of carbonyl (C=O) groups is 1. The maximum Gasteiger partial charge on any atom is 0.314 e. The lowest BCUT2D eigenvalue weighted by molar-refractivity contribution is 0.143. The SMILES string of the molecule is CCOCCCCNC(=O)NCC(Nc1ccccc1)C(C)C. The fraction of sp³-hybridized carbons (Fsp3) is 0.611. The normalized spacial score (nSPS) is 12.0. The number of benzene rings is 1. The van der Waals surface area contributed by atoms with Crippen LogP contribution in [0.1, 0.15) is 33.6 Å². The van der Waals surface area contributed by atoms with Gasteiger partial charge in [-0.25, -0.2) is 4.79 Å². The third-order valence-corrected chi connectivity index (χ3v) is 3.62. The summed E-state index contributed by atoms with van der Waals surface area (Å²) in [4.78, 5) is 11.8. The van der Waals surface area contributed by atoms with Crippen LogP contribution in [0.2, 0.25) is 0 Å². The van der Waals surface area contributed by atoms with Crippen LogP contribution in [0.5, 0.6) is 0 Å². The Kier molecular flexibility index (Phi) is 9.87. The van der Waals surface area contributed by atoms with Crippen LogP contribution in [-0.2, 0) is 4.74 Å². The average Bonchev–Trinajstić information content (AvgIpc) is 2.55. The number of hydrogen-bond donors (Lipinski definition) is 3. The van der Waals surface area contributed by atoms with Crippen LogP contribution in [0.3, 0.4) is 0 Å². The zero-order chi connectivity index (χ0) is 16.9. The van der Waals surface area contributed by atoms with Crippen LogP contribution in [0, 0.1) is 5.92 Å². The Morgan fingerprint density at radius 2 is 1.87 bits per heavy atom. The number of carbonyl (C=O) groups excluding carboxylic acids is 1. The Labute approximate surface area is 140 Å². The third-order valence-electron chi connectivity index (χ3n) is 3.62. The first-order valence-corrected chi connectivity index (χ1v) is 8.54. The summed E-state index contributed by atoms with van der Waals surface area (Å²) in [5.41, 5.74) is 1.07. The number of ether oxygens (including phenoxy) is 1. The highest BCUT2D eigenvalue weighted by atomic mass is 16.5. The zero-order valence-corrected chi connectivity index (χ0v) is 14.6. The van der Waals surface area contributed by atoms with Crippen molar-refractivity contribution in [3.05, 3.63) is 30.3 Å². The van der Waals surface area contributed by atoms with Crippen LogP contribution >= 0.6 is 0 Å². The molecule has 0 saturated heterocycles. The first kappa shape index (κ1) is 19.3. The minimum atomic E-state index is -0.109. The molecule has 1 atom stereocenters. The molecule has 5 nitrogen and oxygen atoms in total. The summed E-state index contributed by atoms with van der Waals surface area (Å²) >= 11 is 0. The quantitative estimate of drug-likeness (QED) is 0.548. The molecule has 1 aromatic carbocycles. The van der Waals surface area contributed by atoms with Crippen molar-refractivity contribution in [2.45, 2.75) is 39.7 Å². The van der Waals surface area contributed by atoms with E-state index in [0.29, 0.717) is 19.0 Å². The number of amides is 2. The molecule has 0 radical (unpaired) electrons. The Morgan fingerprint density at radius 3 is 2.52 bits per heavy atom. The van der Waals surface area contributed by atoms with Gasteiger partial charge in [0.1, 0.15) is 0 Å². The molecule has 0 aliphatic rings. The Bertz CT molecular complexity index is 424. The smallest absolute Gasteiger partial charge is 0.314 e. The lowest BCUT2D eigenvalue weighted by Gasteiger charge is -2.24. The average molecular weight is 321 g/mol. The van der Waals surface area contributed by atoms with Crippen molar-refractivity contribution in [2.75, 3.05) is 31.6 Å². The van der Waals surface area contributed by atoms with E-state index in [0.717, 1.165) is 31.7 Å². The first-order valence-electron chi connectivity index (χ1n) is 8.54. The molecular formula is C18H31N3O2. The molecule has 0 heterocycles. The predicted molar refractivity (Wildman–Crippen MR) is 95.8 cm³/mol. The number of hydrogen-bond acceptors (Lipinski definition) is 3. The van der Waals surface area contributed by atoms with Gasteiger partial charge in [-0.2, -0.15) is 0 Å². The molecule has 0 fully saturated rings. The first-order chi connectivity index (χ1) is 11.1. The van der Waals surface area contributed by atoms with Crippen LogP contribution < -0.4 is 16.0 Å². The van der Waals surface area contributed by atoms with E-state index in [-0.39, 0.29) is 12.1 Å². The monoisotopic (exact) mass is 321 g/mol. The van der Waals surface area contributed by atoms with Crippen molar-refractivity contribution in [3.8, 4) is 0 Å². The van der Waals surface area contributed by atoms with Gasteiger partial charge < -0.3 is 20.7 Å². The second kappa shape index (κ2) is 11.8. The number of unbranched alkanes of at least 4 members (excludes halogenated alkanes) is 1. The largest absolute Gasteiger partial charge is 0.382 e. The molecule has 1 aromatic rings. The molecule has 0 aromatic heterocycles. The number of urea groups is 1. The summed E-state index contributed by atoms with van der Waals surface area (Å²) in [6.45, 7) is 9.06. The summed E-state index contributed by atoms with van der Waals surface area (Å²) in [6.07, 6.45) is 1.90. The van der Waals surface area contributed by atoms with Gasteiger partial charge in [-0.1, -0.05) is 32.0 Å². The number of nitrogens with one attached hydrogen (secondary N) is 3. The van der Waals surface area contributed by atoms with Crippen LogP contribution in [-0.4, -0.2) is 38.4 Å². The van der Waals surface area contributed by atoms with E-state index in [4.69, 9.17) is 4.74 Å². The van der Waals surface area contributed by atoms with E-state index in [1.54, 1.807) is 0 Å². The molecule has 0 aliphatic carbocycles. The second-order valence-corrected chi connectivity index (χ2v) is 5.90. The fourth-order valence-electron chi connectivity index (χ4n) is 2.14. The van der Waals surface area contributed by atoms with Crippen LogP contribution in [0.25, 0.3) is 0 Å². The van der Waals surface area contributed by atoms with E-state index in [9.17, 15) is 4.79 Å². The number of para-hydroxylation sites is 1. The maximum absolute atomic E-state index is 11.8. The molecule has 2 amide bonds. The van der Waals surface area contributed by atoms with Gasteiger partial charge in [-0.05, 0) is 37.8 Å². The van der Waals surface area contributed by atoms with E-state index < -0.39 is 0 Å². The highest BCUT2D eigenvalue weighted by molar-refractivity contribution is 5.73. The lowest BCUT2D eigenvalue weighted by atomic mass is 10.0. The van der Waals surface area contributed by atoms with Crippen LogP contribution in [0.4, 0.5) is 10.5 Å². The van der Waals surface area contributed by atoms with Crippen LogP contribution in [0.15, 0.2) is 30.3 Å². The van der Waals surface area contributed by atoms with Gasteiger partial charge >= 0.3 is 6.03 Å². The van der Waals surface area contributed by atoms with Gasteiger partial charge in [0, 0.05) is 38.0 Å². The molecule has 0 spiro atoms. The summed E-state index contributed by atoms with van der Waals surface area (Å²) in [5.74, 6) is 0.418. The van der Waals surface area contributed by atoms with Gasteiger partial charge in [0.2, 0.25) is 0 Å². The van der Waals surface area contributed by atoms with Crippen molar-refractivity contribution in [2.24, 2.45) is 5.92 Å². The molecular weight excluding hydrogens is 290 g/mol. The summed E-state index contributed by atoms with van der Waals surface area (Å²) in [5, 5.41) is 9.29. The third kappa shape index (κ3) is 9.08. The topological polar surface area (TPSA) is 62.4 Å². The molecule has 23 heavy (non-hydrogen) atoms. The molecule has 3 N–H and O–H groups in total. The molecule has 1 unspecified atom stereocenters. The highest BCUT2D eigenvalue weighted by Gasteiger charge is 2.14. The Balaban J connectivity index is 2.22. The summed E-state index contributed by atoms with van der Waals surface area (Å²) in [6, 6.07) is 10.2. The lowest BCUT2D eigenvalue weighted by Crippen LogP contribution is -2.44. The van der Waals surface area contributed by atoms with Gasteiger partial charge in [-0.3, -0.25) is 0 Å². The highest BCUT2D eigenvalue weighted by Crippen LogP contribution is 2.11. The van der Waals surface area contributed by atoms with Gasteiger partial charge in [0.05, 0.1) is 0 Å². The van der Waals surface area contributed by atoms with Crippen molar-refractivity contribution >= 4 is 11.7 Å².